The van der Waals surface area contributed by atoms with E-state index in [1.165, 1.54) is 23.4 Å². The lowest BCUT2D eigenvalue weighted by molar-refractivity contribution is 0.176. The summed E-state index contributed by atoms with van der Waals surface area (Å²) in [6, 6.07) is 0. The van der Waals surface area contributed by atoms with E-state index in [1.807, 2.05) is 13.2 Å². The van der Waals surface area contributed by atoms with Crippen LogP contribution in [-0.4, -0.2) is 47.5 Å². The van der Waals surface area contributed by atoms with Crippen molar-refractivity contribution in [3.05, 3.63) is 32.2 Å². The quantitative estimate of drug-likeness (QED) is 0.585. The molecule has 6 nitrogen and oxygen atoms in total. The zero-order chi connectivity index (χ0) is 18.4. The molecule has 0 aromatic carbocycles. The van der Waals surface area contributed by atoms with Gasteiger partial charge < -0.3 is 10.6 Å². The van der Waals surface area contributed by atoms with Crippen LogP contribution in [0.3, 0.4) is 0 Å². The van der Waals surface area contributed by atoms with Gasteiger partial charge in [0.05, 0.1) is 17.2 Å². The van der Waals surface area contributed by atoms with Gasteiger partial charge in [-0.15, -0.1) is 22.7 Å². The van der Waals surface area contributed by atoms with Gasteiger partial charge in [0.15, 0.2) is 5.96 Å². The molecule has 2 aromatic rings. The zero-order valence-corrected chi connectivity index (χ0v) is 17.4. The van der Waals surface area contributed by atoms with Gasteiger partial charge in [-0.2, -0.15) is 0 Å². The van der Waals surface area contributed by atoms with E-state index >= 15 is 0 Å². The van der Waals surface area contributed by atoms with E-state index in [2.05, 4.69) is 49.7 Å². The van der Waals surface area contributed by atoms with Crippen LogP contribution >= 0.6 is 22.7 Å². The van der Waals surface area contributed by atoms with E-state index in [9.17, 15) is 0 Å². The van der Waals surface area contributed by atoms with Crippen molar-refractivity contribution >= 4 is 28.6 Å². The molecule has 1 saturated heterocycles. The number of aryl methyl sites for hydroxylation is 2. The molecule has 0 aliphatic carbocycles. The molecule has 0 radical (unpaired) electrons. The van der Waals surface area contributed by atoms with Gasteiger partial charge in [-0.05, 0) is 45.7 Å². The largest absolute Gasteiger partial charge is 0.356 e. The molecule has 0 amide bonds. The van der Waals surface area contributed by atoms with E-state index in [0.29, 0.717) is 5.92 Å². The molecule has 3 rings (SSSR count). The van der Waals surface area contributed by atoms with Crippen LogP contribution in [-0.2, 0) is 13.1 Å². The van der Waals surface area contributed by atoms with E-state index in [-0.39, 0.29) is 0 Å². The van der Waals surface area contributed by atoms with Crippen LogP contribution in [0.4, 0.5) is 0 Å². The van der Waals surface area contributed by atoms with Gasteiger partial charge in [0.2, 0.25) is 0 Å². The van der Waals surface area contributed by atoms with Crippen molar-refractivity contribution in [3.63, 3.8) is 0 Å². The minimum absolute atomic E-state index is 0.698. The monoisotopic (exact) mass is 392 g/mol. The minimum atomic E-state index is 0.698. The first-order valence-corrected chi connectivity index (χ1v) is 10.8. The third-order valence-electron chi connectivity index (χ3n) is 4.62. The normalized spacial score (nSPS) is 16.8. The number of nitrogens with one attached hydrogen (secondary N) is 2. The lowest BCUT2D eigenvalue weighted by atomic mass is 9.97. The van der Waals surface area contributed by atoms with Crippen molar-refractivity contribution in [1.29, 1.82) is 0 Å². The summed E-state index contributed by atoms with van der Waals surface area (Å²) in [5.74, 6) is 1.56. The van der Waals surface area contributed by atoms with Gasteiger partial charge in [-0.25, -0.2) is 9.97 Å². The Kier molecular flexibility index (Phi) is 6.99. The van der Waals surface area contributed by atoms with Gasteiger partial charge in [0.1, 0.15) is 5.01 Å². The predicted molar refractivity (Wildman–Crippen MR) is 110 cm³/mol. The van der Waals surface area contributed by atoms with Crippen molar-refractivity contribution in [2.24, 2.45) is 10.9 Å². The summed E-state index contributed by atoms with van der Waals surface area (Å²) in [5, 5.41) is 11.3. The molecule has 3 heterocycles. The summed E-state index contributed by atoms with van der Waals surface area (Å²) in [5.41, 5.74) is 1.21. The number of rotatable bonds is 6. The van der Waals surface area contributed by atoms with Crippen LogP contribution in [0.5, 0.6) is 0 Å². The van der Waals surface area contributed by atoms with Crippen LogP contribution in [0.1, 0.15) is 33.4 Å². The SMILES string of the molecule is CN=C(NCc1ncc(C)s1)NCC1CCN(Cc2csc(C)n2)CC1. The topological polar surface area (TPSA) is 65.4 Å². The van der Waals surface area contributed by atoms with Crippen molar-refractivity contribution in [1.82, 2.24) is 25.5 Å². The first-order chi connectivity index (χ1) is 12.6. The highest BCUT2D eigenvalue weighted by Gasteiger charge is 2.20. The fraction of sp³-hybridized carbons (Fsp3) is 0.611. The van der Waals surface area contributed by atoms with Gasteiger partial charge in [-0.1, -0.05) is 0 Å². The van der Waals surface area contributed by atoms with Crippen molar-refractivity contribution in [2.45, 2.75) is 39.8 Å². The van der Waals surface area contributed by atoms with Crippen molar-refractivity contribution in [3.8, 4) is 0 Å². The molecule has 0 bridgehead atoms. The molecule has 2 aromatic heterocycles. The number of aliphatic imine (C=N–C) groups is 1. The van der Waals surface area contributed by atoms with E-state index in [4.69, 9.17) is 0 Å². The molecule has 26 heavy (non-hydrogen) atoms. The molecule has 142 valence electrons. The highest BCUT2D eigenvalue weighted by Crippen LogP contribution is 2.19. The summed E-state index contributed by atoms with van der Waals surface area (Å²) >= 11 is 3.46. The molecule has 0 spiro atoms. The lowest BCUT2D eigenvalue weighted by Crippen LogP contribution is -2.42. The van der Waals surface area contributed by atoms with Crippen LogP contribution in [0.25, 0.3) is 0 Å². The summed E-state index contributed by atoms with van der Waals surface area (Å²) in [6.45, 7) is 9.13. The minimum Gasteiger partial charge on any atom is -0.356 e. The molecule has 2 N–H and O–H groups in total. The first kappa shape index (κ1) is 19.3. The Bertz CT molecular complexity index is 715. The number of piperidine rings is 1. The third kappa shape index (κ3) is 5.75. The molecule has 0 saturated carbocycles. The van der Waals surface area contributed by atoms with E-state index in [0.717, 1.165) is 48.7 Å². The maximum Gasteiger partial charge on any atom is 0.191 e. The zero-order valence-electron chi connectivity index (χ0n) is 15.8. The second kappa shape index (κ2) is 9.43. The third-order valence-corrected chi connectivity index (χ3v) is 6.35. The Balaban J connectivity index is 1.35. The Morgan fingerprint density at radius 2 is 2.12 bits per heavy atom. The van der Waals surface area contributed by atoms with Crippen molar-refractivity contribution < 1.29 is 0 Å². The number of hydrogen-bond acceptors (Lipinski definition) is 6. The number of hydrogen-bond donors (Lipinski definition) is 2. The standard InChI is InChI=1S/C18H28N6S2/c1-13-8-20-17(26-13)10-22-18(19-3)21-9-15-4-6-24(7-5-15)11-16-12-25-14(2)23-16/h8,12,15H,4-7,9-11H2,1-3H3,(H2,19,21,22). The maximum absolute atomic E-state index is 4.58. The fourth-order valence-corrected chi connectivity index (χ4v) is 4.49. The molecular formula is C18H28N6S2. The van der Waals surface area contributed by atoms with Gasteiger partial charge in [0.25, 0.3) is 0 Å². The number of likely N-dealkylation sites (tertiary alicyclic amines) is 1. The molecular weight excluding hydrogens is 364 g/mol. The van der Waals surface area contributed by atoms with E-state index < -0.39 is 0 Å². The lowest BCUT2D eigenvalue weighted by Gasteiger charge is -2.31. The molecule has 8 heteroatoms. The molecule has 0 unspecified atom stereocenters. The average Bonchev–Trinajstić information content (AvgIpc) is 3.24. The number of aromatic nitrogens is 2. The first-order valence-electron chi connectivity index (χ1n) is 9.11. The molecule has 0 atom stereocenters. The Morgan fingerprint density at radius 1 is 1.31 bits per heavy atom. The summed E-state index contributed by atoms with van der Waals surface area (Å²) in [4.78, 5) is 17.0. The Morgan fingerprint density at radius 3 is 2.73 bits per heavy atom. The second-order valence-electron chi connectivity index (χ2n) is 6.75. The Hall–Kier alpha value is -1.51. The van der Waals surface area contributed by atoms with Gasteiger partial charge >= 0.3 is 0 Å². The average molecular weight is 393 g/mol. The second-order valence-corrected chi connectivity index (χ2v) is 9.13. The Labute approximate surface area is 163 Å². The van der Waals surface area contributed by atoms with Crippen LogP contribution < -0.4 is 10.6 Å². The summed E-state index contributed by atoms with van der Waals surface area (Å²) < 4.78 is 0. The van der Waals surface area contributed by atoms with Gasteiger partial charge in [0, 0.05) is 36.6 Å². The summed E-state index contributed by atoms with van der Waals surface area (Å²) in [6.07, 6.45) is 4.36. The fourth-order valence-electron chi connectivity index (χ4n) is 3.16. The maximum atomic E-state index is 4.58. The number of nitrogens with zero attached hydrogens (tertiary/aromatic N) is 4. The van der Waals surface area contributed by atoms with E-state index in [1.54, 1.807) is 22.7 Å². The van der Waals surface area contributed by atoms with Crippen molar-refractivity contribution in [2.75, 3.05) is 26.7 Å². The highest BCUT2D eigenvalue weighted by atomic mass is 32.1. The number of thiazole rings is 2. The molecule has 1 fully saturated rings. The van der Waals surface area contributed by atoms with Crippen LogP contribution in [0.2, 0.25) is 0 Å². The smallest absolute Gasteiger partial charge is 0.191 e. The summed E-state index contributed by atoms with van der Waals surface area (Å²) in [7, 11) is 1.82. The van der Waals surface area contributed by atoms with Crippen LogP contribution in [0.15, 0.2) is 16.6 Å². The van der Waals surface area contributed by atoms with Gasteiger partial charge in [-0.3, -0.25) is 9.89 Å². The molecule has 1 aliphatic rings. The van der Waals surface area contributed by atoms with Crippen LogP contribution in [0, 0.1) is 19.8 Å². The molecule has 1 aliphatic heterocycles. The highest BCUT2D eigenvalue weighted by molar-refractivity contribution is 7.11. The number of guanidine groups is 1. The predicted octanol–water partition coefficient (Wildman–Crippen LogP) is 2.79.